The van der Waals surface area contributed by atoms with E-state index >= 15 is 0 Å². The van der Waals surface area contributed by atoms with Gasteiger partial charge in [0.2, 0.25) is 0 Å². The molecule has 54 heavy (non-hydrogen) atoms. The number of hydrogen-bond donors (Lipinski definition) is 0. The van der Waals surface area contributed by atoms with Crippen LogP contribution in [0, 0.1) is 0 Å². The third kappa shape index (κ3) is 4.14. The molecule has 0 spiro atoms. The molecule has 0 heteroatoms. The zero-order valence-electron chi connectivity index (χ0n) is 31.2. The van der Waals surface area contributed by atoms with Crippen LogP contribution in [-0.2, 0) is 10.8 Å². The van der Waals surface area contributed by atoms with E-state index in [9.17, 15) is 0 Å². The van der Waals surface area contributed by atoms with Gasteiger partial charge in [-0.05, 0) is 122 Å². The quantitative estimate of drug-likeness (QED) is 0.162. The predicted octanol–water partition coefficient (Wildman–Crippen LogP) is 14.8. The third-order valence-electron chi connectivity index (χ3n) is 12.9. The third-order valence-corrected chi connectivity index (χ3v) is 12.9. The summed E-state index contributed by atoms with van der Waals surface area (Å²) in [5.41, 5.74) is 18.5. The van der Waals surface area contributed by atoms with Crippen LogP contribution < -0.4 is 0 Å². The van der Waals surface area contributed by atoms with Gasteiger partial charge in [0, 0.05) is 10.8 Å². The van der Waals surface area contributed by atoms with Crippen molar-refractivity contribution >= 4 is 32.3 Å². The zero-order valence-corrected chi connectivity index (χ0v) is 31.2. The van der Waals surface area contributed by atoms with Crippen LogP contribution in [0.5, 0.6) is 0 Å². The minimum absolute atomic E-state index is 0.0960. The Labute approximate surface area is 317 Å². The number of benzene rings is 9. The molecule has 0 N–H and O–H groups in total. The van der Waals surface area contributed by atoms with Gasteiger partial charge in [0.25, 0.3) is 0 Å². The molecule has 0 aromatic heterocycles. The van der Waals surface area contributed by atoms with Crippen molar-refractivity contribution in [1.29, 1.82) is 0 Å². The van der Waals surface area contributed by atoms with Gasteiger partial charge in [-0.1, -0.05) is 185 Å². The number of fused-ring (bicyclic) bond motifs is 11. The van der Waals surface area contributed by atoms with Gasteiger partial charge in [0.1, 0.15) is 0 Å². The van der Waals surface area contributed by atoms with Crippen molar-refractivity contribution in [3.63, 3.8) is 0 Å². The maximum Gasteiger partial charge on any atom is 0.0159 e. The van der Waals surface area contributed by atoms with Crippen LogP contribution in [0.1, 0.15) is 49.9 Å². The number of rotatable bonds is 3. The molecule has 9 aromatic rings. The van der Waals surface area contributed by atoms with E-state index in [0.29, 0.717) is 0 Å². The molecule has 0 bridgehead atoms. The van der Waals surface area contributed by atoms with Gasteiger partial charge in [-0.25, -0.2) is 0 Å². The van der Waals surface area contributed by atoms with E-state index in [2.05, 4.69) is 198 Å². The summed E-state index contributed by atoms with van der Waals surface area (Å²) in [5, 5.41) is 7.83. The summed E-state index contributed by atoms with van der Waals surface area (Å²) < 4.78 is 0. The van der Waals surface area contributed by atoms with Crippen molar-refractivity contribution in [2.24, 2.45) is 0 Å². The highest BCUT2D eigenvalue weighted by Gasteiger charge is 2.42. The fourth-order valence-corrected chi connectivity index (χ4v) is 10.3. The highest BCUT2D eigenvalue weighted by Crippen LogP contribution is 2.60. The summed E-state index contributed by atoms with van der Waals surface area (Å²) >= 11 is 0. The molecule has 0 aliphatic heterocycles. The van der Waals surface area contributed by atoms with Gasteiger partial charge < -0.3 is 0 Å². The first kappa shape index (κ1) is 31.3. The lowest BCUT2D eigenvalue weighted by Crippen LogP contribution is -2.15. The Morgan fingerprint density at radius 2 is 0.778 bits per heavy atom. The van der Waals surface area contributed by atoms with Crippen LogP contribution in [0.25, 0.3) is 88.0 Å². The highest BCUT2D eigenvalue weighted by atomic mass is 14.4. The van der Waals surface area contributed by atoms with Gasteiger partial charge in [-0.3, -0.25) is 0 Å². The summed E-state index contributed by atoms with van der Waals surface area (Å²) in [6.45, 7) is 9.66. The van der Waals surface area contributed by atoms with Crippen molar-refractivity contribution < 1.29 is 0 Å². The Balaban J connectivity index is 1.35. The van der Waals surface area contributed by atoms with Crippen LogP contribution in [0.3, 0.4) is 0 Å². The fraction of sp³-hybridized carbons (Fsp3) is 0.111. The van der Waals surface area contributed by atoms with E-state index in [1.165, 1.54) is 110 Å². The van der Waals surface area contributed by atoms with Gasteiger partial charge in [0.05, 0.1) is 0 Å². The molecular formula is C54H40. The monoisotopic (exact) mass is 688 g/mol. The Morgan fingerprint density at radius 3 is 1.44 bits per heavy atom. The van der Waals surface area contributed by atoms with Gasteiger partial charge >= 0.3 is 0 Å². The van der Waals surface area contributed by atoms with Gasteiger partial charge in [-0.2, -0.15) is 0 Å². The lowest BCUT2D eigenvalue weighted by Gasteiger charge is -2.26. The van der Waals surface area contributed by atoms with E-state index in [1.54, 1.807) is 0 Å². The summed E-state index contributed by atoms with van der Waals surface area (Å²) in [7, 11) is 0. The van der Waals surface area contributed by atoms with Crippen molar-refractivity contribution in [3.05, 3.63) is 192 Å². The van der Waals surface area contributed by atoms with Crippen LogP contribution in [0.4, 0.5) is 0 Å². The SMILES string of the molecule is CC1(C)c2ccccc2-c2c1ccc1c(-c3c4ccccc4c(-c4ccccc4)c4cc(-c5ccccc5)ccc34)cc3c(c21)-c1ccccc1C3(C)C. The molecule has 0 radical (unpaired) electrons. The van der Waals surface area contributed by atoms with Crippen LogP contribution in [0.2, 0.25) is 0 Å². The summed E-state index contributed by atoms with van der Waals surface area (Å²) in [6.07, 6.45) is 0. The largest absolute Gasteiger partial charge is 0.0622 e. The molecule has 0 heterocycles. The summed E-state index contributed by atoms with van der Waals surface area (Å²) in [6, 6.07) is 63.8. The Morgan fingerprint density at radius 1 is 0.278 bits per heavy atom. The van der Waals surface area contributed by atoms with E-state index < -0.39 is 0 Å². The molecular weight excluding hydrogens is 649 g/mol. The molecule has 0 amide bonds. The lowest BCUT2D eigenvalue weighted by molar-refractivity contribution is 0.660. The predicted molar refractivity (Wildman–Crippen MR) is 230 cm³/mol. The first-order valence-electron chi connectivity index (χ1n) is 19.3. The normalized spacial score (nSPS) is 14.6. The molecule has 9 aromatic carbocycles. The maximum absolute atomic E-state index is 2.57. The van der Waals surface area contributed by atoms with E-state index in [1.807, 2.05) is 0 Å². The molecule has 11 rings (SSSR count). The molecule has 0 saturated heterocycles. The molecule has 0 unspecified atom stereocenters. The second-order valence-electron chi connectivity index (χ2n) is 16.4. The highest BCUT2D eigenvalue weighted by molar-refractivity contribution is 6.26. The van der Waals surface area contributed by atoms with Crippen molar-refractivity contribution in [1.82, 2.24) is 0 Å². The van der Waals surface area contributed by atoms with Crippen molar-refractivity contribution in [3.8, 4) is 55.6 Å². The zero-order chi connectivity index (χ0) is 36.3. The van der Waals surface area contributed by atoms with Crippen LogP contribution >= 0.6 is 0 Å². The Bertz CT molecular complexity index is 3000. The number of hydrogen-bond acceptors (Lipinski definition) is 0. The Hall–Kier alpha value is -6.24. The molecule has 0 nitrogen and oxygen atoms in total. The fourth-order valence-electron chi connectivity index (χ4n) is 10.3. The summed E-state index contributed by atoms with van der Waals surface area (Å²) in [4.78, 5) is 0. The minimum atomic E-state index is -0.165. The maximum atomic E-state index is 2.57. The average Bonchev–Trinajstić information content (AvgIpc) is 3.59. The smallest absolute Gasteiger partial charge is 0.0159 e. The molecule has 0 atom stereocenters. The molecule has 0 saturated carbocycles. The minimum Gasteiger partial charge on any atom is -0.0622 e. The van der Waals surface area contributed by atoms with Crippen LogP contribution in [0.15, 0.2) is 170 Å². The molecule has 2 aliphatic carbocycles. The van der Waals surface area contributed by atoms with E-state index in [4.69, 9.17) is 0 Å². The lowest BCUT2D eigenvalue weighted by atomic mass is 9.77. The molecule has 256 valence electrons. The first-order chi connectivity index (χ1) is 26.3. The van der Waals surface area contributed by atoms with Crippen molar-refractivity contribution in [2.75, 3.05) is 0 Å². The Kier molecular flexibility index (Phi) is 6.46. The van der Waals surface area contributed by atoms with E-state index in [0.717, 1.165) is 0 Å². The van der Waals surface area contributed by atoms with Crippen molar-refractivity contribution in [2.45, 2.75) is 38.5 Å². The van der Waals surface area contributed by atoms with E-state index in [-0.39, 0.29) is 10.8 Å². The van der Waals surface area contributed by atoms with Gasteiger partial charge in [0.15, 0.2) is 0 Å². The molecule has 2 aliphatic rings. The summed E-state index contributed by atoms with van der Waals surface area (Å²) in [5.74, 6) is 0. The second kappa shape index (κ2) is 11.1. The first-order valence-corrected chi connectivity index (χ1v) is 19.3. The second-order valence-corrected chi connectivity index (χ2v) is 16.4. The topological polar surface area (TPSA) is 0 Å². The average molecular weight is 689 g/mol. The molecule has 0 fully saturated rings. The van der Waals surface area contributed by atoms with Crippen LogP contribution in [-0.4, -0.2) is 0 Å². The standard InChI is InChI=1S/C54H40/c1-53(2)44-25-15-13-23-40(44)50-46(53)30-29-39-43(32-47-51(52(39)50)41-24-14-16-26-45(41)54(47,3)4)49-37-22-12-11-21-36(37)48(34-19-9-6-10-20-34)42-31-35(27-28-38(42)49)33-17-7-5-8-18-33/h5-32H,1-4H3. The van der Waals surface area contributed by atoms with Gasteiger partial charge in [-0.15, -0.1) is 0 Å².